The Bertz CT molecular complexity index is 1100. The van der Waals surface area contributed by atoms with Gasteiger partial charge in [-0.05, 0) is 48.4 Å². The fourth-order valence-corrected chi connectivity index (χ4v) is 3.34. The molecule has 0 fully saturated rings. The molecule has 1 heterocycles. The standard InChI is InChI=1S/C25H22F6N2O2/c1-16-7-8-19(12-32-16)23(34)33-13-20(18-5-3-2-4-6-18)15-35-14-17-9-21(24(26,27)28)11-22(10-17)25(29,30)31/h2-12,20H,13-15H2,1H3,(H,33,34). The number of halogens is 6. The number of ether oxygens (including phenoxy) is 1. The summed E-state index contributed by atoms with van der Waals surface area (Å²) in [5.41, 5.74) is -1.16. The number of aromatic nitrogens is 1. The molecule has 0 radical (unpaired) electrons. The van der Waals surface area contributed by atoms with Crippen LogP contribution in [-0.2, 0) is 23.7 Å². The number of hydrogen-bond donors (Lipinski definition) is 1. The van der Waals surface area contributed by atoms with Gasteiger partial charge in [0.05, 0.1) is 29.9 Å². The molecule has 2 aromatic carbocycles. The van der Waals surface area contributed by atoms with E-state index in [1.807, 2.05) is 0 Å². The summed E-state index contributed by atoms with van der Waals surface area (Å²) in [5.74, 6) is -0.766. The Balaban J connectivity index is 1.71. The van der Waals surface area contributed by atoms with Crippen molar-refractivity contribution >= 4 is 5.91 Å². The molecule has 1 unspecified atom stereocenters. The molecule has 1 N–H and O–H groups in total. The summed E-state index contributed by atoms with van der Waals surface area (Å²) >= 11 is 0. The summed E-state index contributed by atoms with van der Waals surface area (Å²) in [5, 5.41) is 2.77. The Morgan fingerprint density at radius 1 is 0.943 bits per heavy atom. The molecule has 1 aromatic heterocycles. The molecule has 1 amide bonds. The van der Waals surface area contributed by atoms with Gasteiger partial charge >= 0.3 is 12.4 Å². The van der Waals surface area contributed by atoms with E-state index in [0.29, 0.717) is 17.7 Å². The van der Waals surface area contributed by atoms with Crippen LogP contribution in [0.4, 0.5) is 26.3 Å². The zero-order valence-electron chi connectivity index (χ0n) is 18.6. The molecule has 0 bridgehead atoms. The molecule has 35 heavy (non-hydrogen) atoms. The van der Waals surface area contributed by atoms with E-state index in [4.69, 9.17) is 4.74 Å². The molecule has 0 aliphatic heterocycles. The van der Waals surface area contributed by atoms with E-state index in [2.05, 4.69) is 10.3 Å². The average molecular weight is 496 g/mol. The number of nitrogens with one attached hydrogen (secondary N) is 1. The minimum Gasteiger partial charge on any atom is -0.376 e. The normalized spacial score (nSPS) is 12.9. The third-order valence-electron chi connectivity index (χ3n) is 5.19. The topological polar surface area (TPSA) is 51.2 Å². The van der Waals surface area contributed by atoms with Gasteiger partial charge in [0.1, 0.15) is 0 Å². The summed E-state index contributed by atoms with van der Waals surface area (Å²) in [6, 6.07) is 13.6. The van der Waals surface area contributed by atoms with Gasteiger partial charge in [0.25, 0.3) is 5.91 Å². The first-order valence-corrected chi connectivity index (χ1v) is 10.6. The summed E-state index contributed by atoms with van der Waals surface area (Å²) in [6.45, 7) is 1.40. The van der Waals surface area contributed by atoms with Crippen molar-refractivity contribution < 1.29 is 35.9 Å². The number of aryl methyl sites for hydroxylation is 1. The number of rotatable bonds is 8. The van der Waals surface area contributed by atoms with Crippen LogP contribution < -0.4 is 5.32 Å². The second kappa shape index (κ2) is 10.9. The van der Waals surface area contributed by atoms with Gasteiger partial charge in [-0.15, -0.1) is 0 Å². The molecule has 1 atom stereocenters. The first kappa shape index (κ1) is 26.2. The highest BCUT2D eigenvalue weighted by Gasteiger charge is 2.36. The van der Waals surface area contributed by atoms with Gasteiger partial charge < -0.3 is 10.1 Å². The van der Waals surface area contributed by atoms with E-state index in [1.165, 1.54) is 6.20 Å². The first-order valence-electron chi connectivity index (χ1n) is 10.6. The van der Waals surface area contributed by atoms with Crippen LogP contribution in [0.25, 0.3) is 0 Å². The van der Waals surface area contributed by atoms with Gasteiger partial charge in [-0.2, -0.15) is 26.3 Å². The number of carbonyl (C=O) groups excluding carboxylic acids is 1. The molecule has 10 heteroatoms. The van der Waals surface area contributed by atoms with Gasteiger partial charge in [-0.3, -0.25) is 9.78 Å². The highest BCUT2D eigenvalue weighted by molar-refractivity contribution is 5.93. The summed E-state index contributed by atoms with van der Waals surface area (Å²) in [6.07, 6.45) is -8.43. The van der Waals surface area contributed by atoms with E-state index in [1.54, 1.807) is 49.4 Å². The number of benzene rings is 2. The molecule has 186 valence electrons. The minimum atomic E-state index is -4.93. The zero-order valence-corrected chi connectivity index (χ0v) is 18.6. The van der Waals surface area contributed by atoms with Crippen molar-refractivity contribution in [1.29, 1.82) is 0 Å². The Morgan fingerprint density at radius 2 is 1.57 bits per heavy atom. The maximum atomic E-state index is 13.1. The number of alkyl halides is 6. The molecule has 3 rings (SSSR count). The van der Waals surface area contributed by atoms with E-state index in [0.717, 1.165) is 11.3 Å². The van der Waals surface area contributed by atoms with Crippen LogP contribution in [0.1, 0.15) is 44.2 Å². The molecular formula is C25H22F6N2O2. The third kappa shape index (κ3) is 7.54. The van der Waals surface area contributed by atoms with Gasteiger partial charge in [-0.1, -0.05) is 30.3 Å². The molecule has 0 aliphatic carbocycles. The van der Waals surface area contributed by atoms with E-state index < -0.39 is 36.0 Å². The lowest BCUT2D eigenvalue weighted by Crippen LogP contribution is -2.30. The maximum absolute atomic E-state index is 13.1. The van der Waals surface area contributed by atoms with E-state index >= 15 is 0 Å². The number of carbonyl (C=O) groups is 1. The SMILES string of the molecule is Cc1ccc(C(=O)NCC(COCc2cc(C(F)(F)F)cc(C(F)(F)F)c2)c2ccccc2)cn1. The quantitative estimate of drug-likeness (QED) is 0.380. The highest BCUT2D eigenvalue weighted by Crippen LogP contribution is 2.36. The molecule has 0 spiro atoms. The highest BCUT2D eigenvalue weighted by atomic mass is 19.4. The monoisotopic (exact) mass is 496 g/mol. The van der Waals surface area contributed by atoms with Crippen molar-refractivity contribution in [2.45, 2.75) is 31.8 Å². The van der Waals surface area contributed by atoms with E-state index in [9.17, 15) is 31.1 Å². The Morgan fingerprint density at radius 3 is 2.11 bits per heavy atom. The van der Waals surface area contributed by atoms with Crippen LogP contribution in [0.2, 0.25) is 0 Å². The smallest absolute Gasteiger partial charge is 0.376 e. The van der Waals surface area contributed by atoms with Crippen molar-refractivity contribution in [2.24, 2.45) is 0 Å². The molecule has 0 saturated carbocycles. The predicted octanol–water partition coefficient (Wildman–Crippen LogP) is 6.16. The first-order chi connectivity index (χ1) is 16.4. The van der Waals surface area contributed by atoms with Crippen LogP contribution in [0.15, 0.2) is 66.9 Å². The number of hydrogen-bond acceptors (Lipinski definition) is 3. The minimum absolute atomic E-state index is 0.0476. The van der Waals surface area contributed by atoms with Gasteiger partial charge in [0.2, 0.25) is 0 Å². The number of nitrogens with zero attached hydrogens (tertiary/aromatic N) is 1. The number of pyridine rings is 1. The van der Waals surface area contributed by atoms with Crippen molar-refractivity contribution in [3.05, 3.63) is 100 Å². The van der Waals surface area contributed by atoms with Crippen LogP contribution in [0, 0.1) is 6.92 Å². The van der Waals surface area contributed by atoms with Gasteiger partial charge in [0.15, 0.2) is 0 Å². The summed E-state index contributed by atoms with van der Waals surface area (Å²) in [4.78, 5) is 16.5. The summed E-state index contributed by atoms with van der Waals surface area (Å²) in [7, 11) is 0. The Hall–Kier alpha value is -3.40. The third-order valence-corrected chi connectivity index (χ3v) is 5.19. The second-order valence-corrected chi connectivity index (χ2v) is 7.94. The summed E-state index contributed by atoms with van der Waals surface area (Å²) < 4.78 is 84.1. The lowest BCUT2D eigenvalue weighted by molar-refractivity contribution is -0.143. The number of amides is 1. The molecular weight excluding hydrogens is 474 g/mol. The van der Waals surface area contributed by atoms with Crippen molar-refractivity contribution in [3.63, 3.8) is 0 Å². The van der Waals surface area contributed by atoms with Gasteiger partial charge in [-0.25, -0.2) is 0 Å². The molecule has 4 nitrogen and oxygen atoms in total. The van der Waals surface area contributed by atoms with Gasteiger partial charge in [0, 0.05) is 24.4 Å². The van der Waals surface area contributed by atoms with Crippen molar-refractivity contribution in [3.8, 4) is 0 Å². The van der Waals surface area contributed by atoms with Crippen LogP contribution in [0.5, 0.6) is 0 Å². The lowest BCUT2D eigenvalue weighted by Gasteiger charge is -2.19. The molecule has 0 saturated heterocycles. The lowest BCUT2D eigenvalue weighted by atomic mass is 10.00. The molecule has 3 aromatic rings. The van der Waals surface area contributed by atoms with Crippen molar-refractivity contribution in [1.82, 2.24) is 10.3 Å². The van der Waals surface area contributed by atoms with Crippen molar-refractivity contribution in [2.75, 3.05) is 13.2 Å². The zero-order chi connectivity index (χ0) is 25.6. The predicted molar refractivity (Wildman–Crippen MR) is 117 cm³/mol. The second-order valence-electron chi connectivity index (χ2n) is 7.94. The van der Waals surface area contributed by atoms with Crippen LogP contribution >= 0.6 is 0 Å². The molecule has 0 aliphatic rings. The largest absolute Gasteiger partial charge is 0.416 e. The fourth-order valence-electron chi connectivity index (χ4n) is 3.34. The maximum Gasteiger partial charge on any atom is 0.416 e. The van der Waals surface area contributed by atoms with Crippen LogP contribution in [-0.4, -0.2) is 24.0 Å². The Kier molecular flexibility index (Phi) is 8.16. The van der Waals surface area contributed by atoms with E-state index in [-0.39, 0.29) is 30.7 Å². The fraction of sp³-hybridized carbons (Fsp3) is 0.280. The Labute approximate surface area is 198 Å². The average Bonchev–Trinajstić information content (AvgIpc) is 2.80. The van der Waals surface area contributed by atoms with Crippen LogP contribution in [0.3, 0.4) is 0 Å².